The van der Waals surface area contributed by atoms with Gasteiger partial charge in [0, 0.05) is 58.5 Å². The number of likely N-dealkylation sites (tertiary alicyclic amines) is 1. The number of nitrogens with zero attached hydrogens (tertiary/aromatic N) is 4. The second-order valence-electron chi connectivity index (χ2n) is 6.91. The summed E-state index contributed by atoms with van der Waals surface area (Å²) in [5, 5.41) is 10.9. The summed E-state index contributed by atoms with van der Waals surface area (Å²) in [7, 11) is 5.56. The van der Waals surface area contributed by atoms with Gasteiger partial charge in [0.2, 0.25) is 5.91 Å². The first-order valence-electron chi connectivity index (χ1n) is 9.73. The predicted molar refractivity (Wildman–Crippen MR) is 105 cm³/mol. The number of carbonyl (C=O) groups is 1. The Morgan fingerprint density at radius 3 is 2.50 bits per heavy atom. The third kappa shape index (κ3) is 4.77. The fraction of sp³-hybridized carbons (Fsp3) is 0.737. The number of carbonyl (C=O) groups excluding carboxylic acids is 1. The highest BCUT2D eigenvalue weighted by Gasteiger charge is 2.23. The van der Waals surface area contributed by atoms with Gasteiger partial charge < -0.3 is 15.5 Å². The Hall–Kier alpha value is -2.05. The van der Waals surface area contributed by atoms with Crippen LogP contribution in [0.1, 0.15) is 50.1 Å². The fourth-order valence-corrected chi connectivity index (χ4v) is 3.81. The highest BCUT2D eigenvalue weighted by molar-refractivity contribution is 5.80. The van der Waals surface area contributed by atoms with Gasteiger partial charge in [-0.1, -0.05) is 13.8 Å². The van der Waals surface area contributed by atoms with Gasteiger partial charge in [-0.25, -0.2) is 0 Å². The number of amides is 1. The molecule has 1 fully saturated rings. The van der Waals surface area contributed by atoms with Gasteiger partial charge >= 0.3 is 0 Å². The molecule has 0 radical (unpaired) electrons. The maximum Gasteiger partial charge on any atom is 0.220 e. The molecule has 26 heavy (non-hydrogen) atoms. The molecule has 0 bridgehead atoms. The lowest BCUT2D eigenvalue weighted by atomic mass is 9.93. The largest absolute Gasteiger partial charge is 0.359 e. The number of hydrogen-bond acceptors (Lipinski definition) is 3. The van der Waals surface area contributed by atoms with E-state index in [0.717, 1.165) is 57.0 Å². The first-order valence-corrected chi connectivity index (χ1v) is 9.73. The molecule has 1 aliphatic heterocycles. The highest BCUT2D eigenvalue weighted by atomic mass is 16.1. The number of rotatable bonds is 6. The molecule has 0 saturated carbocycles. The summed E-state index contributed by atoms with van der Waals surface area (Å²) >= 11 is 0. The van der Waals surface area contributed by atoms with Gasteiger partial charge in [0.05, 0.1) is 5.69 Å². The van der Waals surface area contributed by atoms with Crippen molar-refractivity contribution in [3.8, 4) is 0 Å². The van der Waals surface area contributed by atoms with E-state index in [1.54, 1.807) is 7.05 Å². The van der Waals surface area contributed by atoms with E-state index in [4.69, 9.17) is 0 Å². The average Bonchev–Trinajstić information content (AvgIpc) is 2.97. The number of aromatic nitrogens is 2. The first kappa shape index (κ1) is 20.3. The van der Waals surface area contributed by atoms with Crippen molar-refractivity contribution < 1.29 is 4.79 Å². The summed E-state index contributed by atoms with van der Waals surface area (Å²) in [5.41, 5.74) is 3.75. The van der Waals surface area contributed by atoms with E-state index in [0.29, 0.717) is 12.3 Å². The Morgan fingerprint density at radius 1 is 1.27 bits per heavy atom. The lowest BCUT2D eigenvalue weighted by Gasteiger charge is -2.34. The summed E-state index contributed by atoms with van der Waals surface area (Å²) in [5.74, 6) is 1.55. The lowest BCUT2D eigenvalue weighted by Crippen LogP contribution is -2.45. The standard InChI is InChI=1S/C19H34N6O/c1-6-16-15(17(7-2)24(5)23-16)13-22-19(21-4)25-10-8-14(9-11-25)12-18(26)20-3/h14H,6-13H2,1-5H3,(H,20,26)(H,21,22). The molecular weight excluding hydrogens is 328 g/mol. The van der Waals surface area contributed by atoms with Crippen LogP contribution in [0.15, 0.2) is 4.99 Å². The van der Waals surface area contributed by atoms with E-state index >= 15 is 0 Å². The van der Waals surface area contributed by atoms with Crippen LogP contribution in [-0.2, 0) is 31.2 Å². The number of piperidine rings is 1. The fourth-order valence-electron chi connectivity index (χ4n) is 3.81. The van der Waals surface area contributed by atoms with Crippen molar-refractivity contribution in [3.63, 3.8) is 0 Å². The number of guanidine groups is 1. The van der Waals surface area contributed by atoms with Crippen LogP contribution in [0.5, 0.6) is 0 Å². The second-order valence-corrected chi connectivity index (χ2v) is 6.91. The molecule has 1 amide bonds. The Labute approximate surface area is 157 Å². The molecule has 0 spiro atoms. The van der Waals surface area contributed by atoms with Gasteiger partial charge in [0.15, 0.2) is 5.96 Å². The summed E-state index contributed by atoms with van der Waals surface area (Å²) in [6.45, 7) is 6.96. The Balaban J connectivity index is 1.94. The molecule has 1 aromatic heterocycles. The van der Waals surface area contributed by atoms with Crippen LogP contribution in [0.2, 0.25) is 0 Å². The Morgan fingerprint density at radius 2 is 1.96 bits per heavy atom. The maximum absolute atomic E-state index is 11.6. The van der Waals surface area contributed by atoms with E-state index in [-0.39, 0.29) is 5.91 Å². The molecule has 7 heteroatoms. The van der Waals surface area contributed by atoms with Crippen molar-refractivity contribution in [3.05, 3.63) is 17.0 Å². The van der Waals surface area contributed by atoms with Gasteiger partial charge in [0.1, 0.15) is 0 Å². The number of hydrogen-bond donors (Lipinski definition) is 2. The zero-order valence-electron chi connectivity index (χ0n) is 16.9. The van der Waals surface area contributed by atoms with Gasteiger partial charge in [-0.3, -0.25) is 14.5 Å². The SMILES string of the molecule is CCc1nn(C)c(CC)c1CNC(=NC)N1CCC(CC(=O)NC)CC1. The van der Waals surface area contributed by atoms with Crippen LogP contribution in [0.25, 0.3) is 0 Å². The van der Waals surface area contributed by atoms with Crippen molar-refractivity contribution in [1.29, 1.82) is 0 Å². The molecular formula is C19H34N6O. The molecule has 2 N–H and O–H groups in total. The van der Waals surface area contributed by atoms with Crippen molar-refractivity contribution in [2.24, 2.45) is 18.0 Å². The molecule has 7 nitrogen and oxygen atoms in total. The molecule has 0 aliphatic carbocycles. The normalized spacial score (nSPS) is 16.0. The van der Waals surface area contributed by atoms with E-state index in [9.17, 15) is 4.79 Å². The monoisotopic (exact) mass is 362 g/mol. The third-order valence-corrected chi connectivity index (χ3v) is 5.33. The third-order valence-electron chi connectivity index (χ3n) is 5.33. The second kappa shape index (κ2) is 9.59. The van der Waals surface area contributed by atoms with Crippen LogP contribution >= 0.6 is 0 Å². The Bertz CT molecular complexity index is 628. The average molecular weight is 363 g/mol. The summed E-state index contributed by atoms with van der Waals surface area (Å²) in [6.07, 6.45) is 4.60. The summed E-state index contributed by atoms with van der Waals surface area (Å²) in [6, 6.07) is 0. The van der Waals surface area contributed by atoms with Gasteiger partial charge in [-0.2, -0.15) is 5.10 Å². The summed E-state index contributed by atoms with van der Waals surface area (Å²) in [4.78, 5) is 18.3. The van der Waals surface area contributed by atoms with Crippen molar-refractivity contribution in [2.75, 3.05) is 27.2 Å². The van der Waals surface area contributed by atoms with Crippen molar-refractivity contribution in [1.82, 2.24) is 25.3 Å². The Kier molecular flexibility index (Phi) is 7.48. The lowest BCUT2D eigenvalue weighted by molar-refractivity contribution is -0.121. The molecule has 2 heterocycles. The zero-order valence-corrected chi connectivity index (χ0v) is 16.9. The summed E-state index contributed by atoms with van der Waals surface area (Å²) < 4.78 is 2.00. The van der Waals surface area contributed by atoms with Crippen LogP contribution in [0.4, 0.5) is 0 Å². The predicted octanol–water partition coefficient (Wildman–Crippen LogP) is 1.47. The molecule has 0 aromatic carbocycles. The van der Waals surface area contributed by atoms with E-state index < -0.39 is 0 Å². The molecule has 0 unspecified atom stereocenters. The first-order chi connectivity index (χ1) is 12.5. The minimum absolute atomic E-state index is 0.140. The molecule has 146 valence electrons. The highest BCUT2D eigenvalue weighted by Crippen LogP contribution is 2.21. The topological polar surface area (TPSA) is 74.5 Å². The number of aryl methyl sites for hydroxylation is 2. The minimum Gasteiger partial charge on any atom is -0.359 e. The van der Waals surface area contributed by atoms with Gasteiger partial charge in [-0.15, -0.1) is 0 Å². The van der Waals surface area contributed by atoms with E-state index in [1.165, 1.54) is 11.3 Å². The van der Waals surface area contributed by atoms with Crippen LogP contribution in [0, 0.1) is 5.92 Å². The van der Waals surface area contributed by atoms with E-state index in [2.05, 4.69) is 39.5 Å². The van der Waals surface area contributed by atoms with Gasteiger partial charge in [0.25, 0.3) is 0 Å². The van der Waals surface area contributed by atoms with Gasteiger partial charge in [-0.05, 0) is 31.6 Å². The molecule has 1 aliphatic rings. The van der Waals surface area contributed by atoms with Crippen LogP contribution in [0.3, 0.4) is 0 Å². The molecule has 1 saturated heterocycles. The number of nitrogens with one attached hydrogen (secondary N) is 2. The maximum atomic E-state index is 11.6. The molecule has 2 rings (SSSR count). The van der Waals surface area contributed by atoms with Crippen molar-refractivity contribution in [2.45, 2.75) is 52.5 Å². The minimum atomic E-state index is 0.140. The zero-order chi connectivity index (χ0) is 19.1. The van der Waals surface area contributed by atoms with Crippen LogP contribution < -0.4 is 10.6 Å². The number of aliphatic imine (C=N–C) groups is 1. The van der Waals surface area contributed by atoms with Crippen LogP contribution in [-0.4, -0.2) is 53.7 Å². The molecule has 0 atom stereocenters. The van der Waals surface area contributed by atoms with Crippen molar-refractivity contribution >= 4 is 11.9 Å². The quantitative estimate of drug-likeness (QED) is 0.594. The molecule has 1 aromatic rings. The van der Waals surface area contributed by atoms with E-state index in [1.807, 2.05) is 18.8 Å². The smallest absolute Gasteiger partial charge is 0.220 e.